The second kappa shape index (κ2) is 6.03. The van der Waals surface area contributed by atoms with Crippen LogP contribution in [0.15, 0.2) is 0 Å². The molecule has 0 atom stereocenters. The van der Waals surface area contributed by atoms with Gasteiger partial charge < -0.3 is 17.7 Å². The fourth-order valence-electron chi connectivity index (χ4n) is 1.08. The maximum absolute atomic E-state index is 11.9. The molecule has 0 heterocycles. The second-order valence-electron chi connectivity index (χ2n) is 3.51. The van der Waals surface area contributed by atoms with Gasteiger partial charge in [-0.2, -0.15) is 0 Å². The third kappa shape index (κ3) is 9.54. The normalized spacial score (nSPS) is 12.5. The Kier molecular flexibility index (Phi) is 8.00. The van der Waals surface area contributed by atoms with Gasteiger partial charge in [0.05, 0.1) is 0 Å². The summed E-state index contributed by atoms with van der Waals surface area (Å²) in [6, 6.07) is 0. The Morgan fingerprint density at radius 2 is 1.67 bits per heavy atom. The summed E-state index contributed by atoms with van der Waals surface area (Å²) in [5.74, 6) is 0. The van der Waals surface area contributed by atoms with Crippen molar-refractivity contribution in [3.05, 3.63) is 0 Å². The fraction of sp³-hybridized carbons (Fsp3) is 1.00. The van der Waals surface area contributed by atoms with E-state index < -0.39 is 18.7 Å². The van der Waals surface area contributed by atoms with Crippen LogP contribution in [0.3, 0.4) is 0 Å². The summed E-state index contributed by atoms with van der Waals surface area (Å²) in [4.78, 5) is 0. The van der Waals surface area contributed by atoms with Gasteiger partial charge in [-0.15, -0.1) is 0 Å². The van der Waals surface area contributed by atoms with E-state index in [0.717, 1.165) is 0 Å². The molecule has 0 unspecified atom stereocenters. The molecule has 0 spiro atoms. The van der Waals surface area contributed by atoms with Crippen molar-refractivity contribution in [2.24, 2.45) is 5.41 Å². The molecule has 0 N–H and O–H groups in total. The predicted octanol–water partition coefficient (Wildman–Crippen LogP) is -0.490. The third-order valence-corrected chi connectivity index (χ3v) is 1.32. The number of methoxy groups -OCH3 is 1. The summed E-state index contributed by atoms with van der Waals surface area (Å²) in [6.45, 7) is -1.44. The summed E-state index contributed by atoms with van der Waals surface area (Å²) in [7, 11) is 1.41. The van der Waals surface area contributed by atoms with Gasteiger partial charge in [-0.25, -0.2) is 0 Å². The van der Waals surface area contributed by atoms with Crippen LogP contribution in [-0.2, 0) is 4.74 Å². The number of ether oxygens (including phenoxy) is 1. The van der Waals surface area contributed by atoms with Crippen molar-refractivity contribution < 1.29 is 69.1 Å². The summed E-state index contributed by atoms with van der Waals surface area (Å²) < 4.78 is 40.3. The summed E-state index contributed by atoms with van der Waals surface area (Å²) in [5.41, 5.74) is -0.785. The molecule has 0 aromatic rings. The van der Waals surface area contributed by atoms with Gasteiger partial charge in [-0.1, -0.05) is 20.2 Å². The van der Waals surface area contributed by atoms with Crippen molar-refractivity contribution in [1.29, 1.82) is 0 Å². The van der Waals surface area contributed by atoms with E-state index in [1.165, 1.54) is 7.11 Å². The first-order chi connectivity index (χ1) is 4.77. The van der Waals surface area contributed by atoms with Crippen molar-refractivity contribution in [3.63, 3.8) is 0 Å². The number of rotatable bonds is 4. The molecule has 0 bridgehead atoms. The molecule has 1 nitrogen and oxygen atoms in total. The van der Waals surface area contributed by atoms with Crippen LogP contribution in [0.2, 0.25) is 6.32 Å². The van der Waals surface area contributed by atoms with Gasteiger partial charge in [0.2, 0.25) is 0 Å². The Labute approximate surface area is 114 Å². The van der Waals surface area contributed by atoms with E-state index in [1.54, 1.807) is 13.8 Å². The van der Waals surface area contributed by atoms with E-state index >= 15 is 0 Å². The maximum atomic E-state index is 11.9. The van der Waals surface area contributed by atoms with Gasteiger partial charge in [0.15, 0.2) is 0 Å². The van der Waals surface area contributed by atoms with Crippen LogP contribution in [-0.4, -0.2) is 20.7 Å². The number of hydrogen-bond donors (Lipinski definition) is 0. The van der Waals surface area contributed by atoms with Crippen LogP contribution in [0.4, 0.5) is 12.9 Å². The van der Waals surface area contributed by atoms with Crippen molar-refractivity contribution >= 4 is 6.98 Å². The van der Waals surface area contributed by atoms with Crippen molar-refractivity contribution in [3.8, 4) is 0 Å². The van der Waals surface area contributed by atoms with Gasteiger partial charge in [0, 0.05) is 13.7 Å². The molecule has 0 aliphatic carbocycles. The molecule has 0 aliphatic rings. The van der Waals surface area contributed by atoms with Crippen LogP contribution in [0.5, 0.6) is 0 Å². The minimum absolute atomic E-state index is 0. The Balaban J connectivity index is 0. The first-order valence-corrected chi connectivity index (χ1v) is 3.47. The summed E-state index contributed by atoms with van der Waals surface area (Å²) in [5, 5.41) is 0. The number of halogens is 3. The number of hydrogen-bond acceptors (Lipinski definition) is 1. The molecule has 0 aromatic heterocycles. The predicted molar refractivity (Wildman–Crippen MR) is 39.5 cm³/mol. The Hall–Kier alpha value is 1.45. The van der Waals surface area contributed by atoms with Gasteiger partial charge in [0.1, 0.15) is 0 Å². The minimum atomic E-state index is -4.69. The standard InChI is InChI=1S/C6H13BF3O.K/c1-6(2,5-11-3)4-7(8,9)10;/h4-5H2,1-3H3;/q-1;+1. The van der Waals surface area contributed by atoms with E-state index in [9.17, 15) is 12.9 Å². The van der Waals surface area contributed by atoms with Crippen molar-refractivity contribution in [2.75, 3.05) is 13.7 Å². The van der Waals surface area contributed by atoms with Gasteiger partial charge in [-0.05, 0) is 5.41 Å². The second-order valence-corrected chi connectivity index (χ2v) is 3.51. The molecule has 68 valence electrons. The zero-order chi connectivity index (χ0) is 9.12. The molecule has 0 aliphatic heterocycles. The fourth-order valence-corrected chi connectivity index (χ4v) is 1.08. The van der Waals surface area contributed by atoms with Crippen LogP contribution < -0.4 is 51.4 Å². The van der Waals surface area contributed by atoms with Gasteiger partial charge in [0.25, 0.3) is 0 Å². The van der Waals surface area contributed by atoms with Gasteiger partial charge in [-0.3, -0.25) is 0 Å². The maximum Gasteiger partial charge on any atom is 1.00 e. The van der Waals surface area contributed by atoms with Crippen LogP contribution in [0.25, 0.3) is 0 Å². The summed E-state index contributed by atoms with van der Waals surface area (Å²) >= 11 is 0. The Morgan fingerprint density at radius 1 is 1.25 bits per heavy atom. The molecular formula is C6H13BF3KO. The van der Waals surface area contributed by atoms with Crippen molar-refractivity contribution in [2.45, 2.75) is 20.2 Å². The van der Waals surface area contributed by atoms with E-state index in [-0.39, 0.29) is 58.0 Å². The minimum Gasteiger partial charge on any atom is -0.449 e. The Morgan fingerprint density at radius 3 is 1.92 bits per heavy atom. The first-order valence-electron chi connectivity index (χ1n) is 3.47. The van der Waals surface area contributed by atoms with E-state index in [2.05, 4.69) is 4.74 Å². The molecular weight excluding hydrogens is 195 g/mol. The quantitative estimate of drug-likeness (QED) is 0.566. The first kappa shape index (κ1) is 15.9. The van der Waals surface area contributed by atoms with Crippen molar-refractivity contribution in [1.82, 2.24) is 0 Å². The molecule has 0 saturated heterocycles. The zero-order valence-corrected chi connectivity index (χ0v) is 11.2. The van der Waals surface area contributed by atoms with E-state index in [4.69, 9.17) is 0 Å². The SMILES string of the molecule is COCC(C)(C)C[B-](F)(F)F.[K+]. The molecule has 0 radical (unpaired) electrons. The van der Waals surface area contributed by atoms with E-state index in [0.29, 0.717) is 0 Å². The largest absolute Gasteiger partial charge is 1.00 e. The molecule has 0 aromatic carbocycles. The average Bonchev–Trinajstić information content (AvgIpc) is 1.55. The molecule has 0 rings (SSSR count). The van der Waals surface area contributed by atoms with Crippen LogP contribution in [0.1, 0.15) is 13.8 Å². The van der Waals surface area contributed by atoms with Crippen LogP contribution in [0, 0.1) is 5.41 Å². The zero-order valence-electron chi connectivity index (χ0n) is 8.03. The molecule has 0 amide bonds. The smallest absolute Gasteiger partial charge is 0.449 e. The molecule has 0 fully saturated rings. The molecule has 6 heteroatoms. The monoisotopic (exact) mass is 208 g/mol. The van der Waals surface area contributed by atoms with Gasteiger partial charge >= 0.3 is 58.4 Å². The average molecular weight is 208 g/mol. The van der Waals surface area contributed by atoms with Crippen LogP contribution >= 0.6 is 0 Å². The third-order valence-electron chi connectivity index (χ3n) is 1.32. The molecule has 12 heavy (non-hydrogen) atoms. The topological polar surface area (TPSA) is 9.23 Å². The summed E-state index contributed by atoms with van der Waals surface area (Å²) in [6.07, 6.45) is -0.735. The Bertz CT molecular complexity index is 126. The van der Waals surface area contributed by atoms with E-state index in [1.807, 2.05) is 0 Å². The molecule has 0 saturated carbocycles.